The van der Waals surface area contributed by atoms with Crippen LogP contribution in [0, 0.1) is 0 Å². The molecular weight excluding hydrogens is 450 g/mol. The first kappa shape index (κ1) is 23.7. The summed E-state index contributed by atoms with van der Waals surface area (Å²) >= 11 is 0. The van der Waals surface area contributed by atoms with Gasteiger partial charge in [0.2, 0.25) is 5.91 Å². The minimum atomic E-state index is -4.98. The summed E-state index contributed by atoms with van der Waals surface area (Å²) in [5.41, 5.74) is -2.81. The van der Waals surface area contributed by atoms with Crippen LogP contribution in [0.3, 0.4) is 0 Å². The predicted molar refractivity (Wildman–Crippen MR) is 99.5 cm³/mol. The summed E-state index contributed by atoms with van der Waals surface area (Å²) in [5, 5.41) is 0. The molecule has 4 nitrogen and oxygen atoms in total. The number of alkyl halides is 8. The molecule has 0 atom stereocenters. The highest BCUT2D eigenvalue weighted by Gasteiger charge is 2.45. The standard InChI is InChI=1S/C20H17F8N3O/c1-2-12-8-30(4-3-16(32)31-9-18(21,22)10-31)11-29-17(12)13-5-14(19(23,24)25)7-15(6-13)20(26,27)28/h3-7,11H,2,8-10H2,1H3. The fraction of sp³-hybridized carbons (Fsp3) is 0.400. The molecule has 1 fully saturated rings. The average Bonchev–Trinajstić information content (AvgIpc) is 2.68. The number of carbonyl (C=O) groups excluding carboxylic acids is 1. The summed E-state index contributed by atoms with van der Waals surface area (Å²) in [6, 6.07) is 1.26. The highest BCUT2D eigenvalue weighted by Crippen LogP contribution is 2.39. The third-order valence-corrected chi connectivity index (χ3v) is 4.90. The van der Waals surface area contributed by atoms with Crippen molar-refractivity contribution in [2.24, 2.45) is 4.99 Å². The van der Waals surface area contributed by atoms with E-state index in [1.807, 2.05) is 0 Å². The molecule has 2 heterocycles. The number of halogens is 8. The first-order chi connectivity index (χ1) is 14.7. The lowest BCUT2D eigenvalue weighted by Gasteiger charge is -2.38. The number of amides is 1. The Kier molecular flexibility index (Phi) is 6.09. The van der Waals surface area contributed by atoms with E-state index in [0.717, 1.165) is 17.3 Å². The topological polar surface area (TPSA) is 35.9 Å². The van der Waals surface area contributed by atoms with Crippen molar-refractivity contribution >= 4 is 17.9 Å². The van der Waals surface area contributed by atoms with E-state index < -0.39 is 48.4 Å². The highest BCUT2D eigenvalue weighted by atomic mass is 19.4. The number of hydrogen-bond donors (Lipinski definition) is 0. The van der Waals surface area contributed by atoms with Crippen LogP contribution < -0.4 is 0 Å². The zero-order valence-corrected chi connectivity index (χ0v) is 16.6. The van der Waals surface area contributed by atoms with Crippen molar-refractivity contribution in [3.8, 4) is 0 Å². The number of carbonyl (C=O) groups is 1. The van der Waals surface area contributed by atoms with Crippen molar-refractivity contribution in [1.29, 1.82) is 0 Å². The molecule has 0 unspecified atom stereocenters. The van der Waals surface area contributed by atoms with Gasteiger partial charge in [0.05, 0.1) is 36.3 Å². The summed E-state index contributed by atoms with van der Waals surface area (Å²) < 4.78 is 105. The molecular formula is C20H17F8N3O. The number of benzene rings is 1. The molecule has 1 aromatic carbocycles. The van der Waals surface area contributed by atoms with Gasteiger partial charge in [-0.3, -0.25) is 4.79 Å². The lowest BCUT2D eigenvalue weighted by molar-refractivity contribution is -0.160. The molecule has 0 bridgehead atoms. The minimum Gasteiger partial charge on any atom is -0.335 e. The van der Waals surface area contributed by atoms with Crippen molar-refractivity contribution in [3.05, 3.63) is 52.7 Å². The highest BCUT2D eigenvalue weighted by molar-refractivity contribution is 5.89. The second kappa shape index (κ2) is 8.21. The van der Waals surface area contributed by atoms with Gasteiger partial charge in [0.25, 0.3) is 5.92 Å². The van der Waals surface area contributed by atoms with Crippen LogP contribution in [0.15, 0.2) is 41.0 Å². The van der Waals surface area contributed by atoms with E-state index in [9.17, 15) is 39.9 Å². The molecule has 2 aliphatic rings. The maximum Gasteiger partial charge on any atom is 0.416 e. The molecule has 1 amide bonds. The normalized spacial score (nSPS) is 19.0. The minimum absolute atomic E-state index is 0.0255. The summed E-state index contributed by atoms with van der Waals surface area (Å²) in [6.07, 6.45) is -6.24. The Morgan fingerprint density at radius 1 is 1.06 bits per heavy atom. The molecule has 0 radical (unpaired) electrons. The Morgan fingerprint density at radius 2 is 1.62 bits per heavy atom. The van der Waals surface area contributed by atoms with Crippen molar-refractivity contribution in [3.63, 3.8) is 0 Å². The maximum absolute atomic E-state index is 13.1. The van der Waals surface area contributed by atoms with Gasteiger partial charge >= 0.3 is 12.4 Å². The smallest absolute Gasteiger partial charge is 0.335 e. The van der Waals surface area contributed by atoms with Crippen LogP contribution in [0.25, 0.3) is 5.70 Å². The van der Waals surface area contributed by atoms with Crippen LogP contribution in [0.5, 0.6) is 0 Å². The van der Waals surface area contributed by atoms with E-state index in [1.54, 1.807) is 6.92 Å². The lowest BCUT2D eigenvalue weighted by atomic mass is 9.98. The summed E-state index contributed by atoms with van der Waals surface area (Å²) in [6.45, 7) is 0.327. The maximum atomic E-state index is 13.1. The Labute approximate surface area is 177 Å². The van der Waals surface area contributed by atoms with Gasteiger partial charge in [0.15, 0.2) is 0 Å². The number of aliphatic imine (C=N–C) groups is 1. The molecule has 0 aliphatic carbocycles. The number of nitrogens with zero attached hydrogens (tertiary/aromatic N) is 3. The third kappa shape index (κ3) is 5.28. The van der Waals surface area contributed by atoms with E-state index >= 15 is 0 Å². The van der Waals surface area contributed by atoms with Gasteiger partial charge in [-0.05, 0) is 30.2 Å². The van der Waals surface area contributed by atoms with Gasteiger partial charge in [0.1, 0.15) is 0 Å². The van der Waals surface area contributed by atoms with Crippen molar-refractivity contribution in [2.45, 2.75) is 31.6 Å². The Bertz CT molecular complexity index is 951. The van der Waals surface area contributed by atoms with E-state index in [0.29, 0.717) is 17.7 Å². The molecule has 0 N–H and O–H groups in total. The van der Waals surface area contributed by atoms with Gasteiger partial charge in [-0.2, -0.15) is 26.3 Å². The zero-order chi connectivity index (χ0) is 23.9. The summed E-state index contributed by atoms with van der Waals surface area (Å²) in [4.78, 5) is 18.2. The molecule has 0 aromatic heterocycles. The second-order valence-corrected chi connectivity index (χ2v) is 7.38. The number of rotatable bonds is 4. The fourth-order valence-corrected chi connectivity index (χ4v) is 3.23. The second-order valence-electron chi connectivity index (χ2n) is 7.38. The molecule has 12 heteroatoms. The molecule has 2 aliphatic heterocycles. The predicted octanol–water partition coefficient (Wildman–Crippen LogP) is 5.18. The lowest BCUT2D eigenvalue weighted by Crippen LogP contribution is -2.58. The average molecular weight is 467 g/mol. The van der Waals surface area contributed by atoms with E-state index in [2.05, 4.69) is 4.99 Å². The Balaban J connectivity index is 1.85. The van der Waals surface area contributed by atoms with Gasteiger partial charge in [-0.15, -0.1) is 0 Å². The Hall–Kier alpha value is -2.92. The first-order valence-corrected chi connectivity index (χ1v) is 9.36. The number of likely N-dealkylation sites (tertiary alicyclic amines) is 1. The van der Waals surface area contributed by atoms with Crippen LogP contribution >= 0.6 is 0 Å². The van der Waals surface area contributed by atoms with Crippen molar-refractivity contribution in [2.75, 3.05) is 19.6 Å². The number of hydrogen-bond acceptors (Lipinski definition) is 3. The van der Waals surface area contributed by atoms with Crippen molar-refractivity contribution in [1.82, 2.24) is 9.80 Å². The van der Waals surface area contributed by atoms with Gasteiger partial charge in [0, 0.05) is 24.4 Å². The molecule has 174 valence electrons. The largest absolute Gasteiger partial charge is 0.416 e. The van der Waals surface area contributed by atoms with Gasteiger partial charge in [-0.25, -0.2) is 13.8 Å². The molecule has 32 heavy (non-hydrogen) atoms. The van der Waals surface area contributed by atoms with Gasteiger partial charge < -0.3 is 9.80 Å². The molecule has 1 aromatic rings. The van der Waals surface area contributed by atoms with Crippen LogP contribution in [0.2, 0.25) is 0 Å². The monoisotopic (exact) mass is 467 g/mol. The molecule has 0 spiro atoms. The summed E-state index contributed by atoms with van der Waals surface area (Å²) in [5.74, 6) is -3.56. The van der Waals surface area contributed by atoms with Gasteiger partial charge in [-0.1, -0.05) is 6.92 Å². The molecule has 0 saturated carbocycles. The van der Waals surface area contributed by atoms with Crippen LogP contribution in [0.4, 0.5) is 35.1 Å². The summed E-state index contributed by atoms with van der Waals surface area (Å²) in [7, 11) is 0. The first-order valence-electron chi connectivity index (χ1n) is 9.36. The molecule has 3 rings (SSSR count). The van der Waals surface area contributed by atoms with E-state index in [1.165, 1.54) is 11.1 Å². The third-order valence-electron chi connectivity index (χ3n) is 4.90. The zero-order valence-electron chi connectivity index (χ0n) is 16.6. The van der Waals surface area contributed by atoms with E-state index in [4.69, 9.17) is 0 Å². The van der Waals surface area contributed by atoms with Crippen LogP contribution in [-0.2, 0) is 17.1 Å². The fourth-order valence-electron chi connectivity index (χ4n) is 3.23. The van der Waals surface area contributed by atoms with Crippen LogP contribution in [-0.4, -0.2) is 47.6 Å². The molecule has 1 saturated heterocycles. The Morgan fingerprint density at radius 3 is 2.09 bits per heavy atom. The van der Waals surface area contributed by atoms with Crippen molar-refractivity contribution < 1.29 is 39.9 Å². The van der Waals surface area contributed by atoms with Crippen LogP contribution in [0.1, 0.15) is 30.0 Å². The quantitative estimate of drug-likeness (QED) is 0.452. The SMILES string of the molecule is CCC1=C(c2cc(C(F)(F)F)cc(C(F)(F)F)c2)N=CN(C=CC(=O)N2CC(F)(F)C2)C1. The van der Waals surface area contributed by atoms with E-state index in [-0.39, 0.29) is 30.3 Å².